The lowest BCUT2D eigenvalue weighted by Crippen LogP contribution is -2.55. The number of piperidine rings is 1. The average molecular weight is 440 g/mol. The Bertz CT molecular complexity index is 930. The van der Waals surface area contributed by atoms with E-state index in [4.69, 9.17) is 4.42 Å². The number of hydrogen-bond acceptors (Lipinski definition) is 4. The van der Waals surface area contributed by atoms with Crippen molar-refractivity contribution in [3.05, 3.63) is 59.5 Å². The number of rotatable bonds is 7. The van der Waals surface area contributed by atoms with Gasteiger partial charge in [0.05, 0.1) is 6.26 Å². The van der Waals surface area contributed by atoms with Crippen molar-refractivity contribution in [2.45, 2.75) is 52.6 Å². The molecule has 1 aromatic heterocycles. The fraction of sp³-hybridized carbons (Fsp3) is 0.480. The lowest BCUT2D eigenvalue weighted by atomic mass is 9.88. The van der Waals surface area contributed by atoms with Crippen LogP contribution < -0.4 is 10.6 Å². The summed E-state index contributed by atoms with van der Waals surface area (Å²) < 4.78 is 5.23. The number of nitrogens with zero attached hydrogens (tertiary/aromatic N) is 1. The maximum atomic E-state index is 13.2. The Morgan fingerprint density at radius 2 is 1.75 bits per heavy atom. The number of aryl methyl sites for hydroxylation is 1. The summed E-state index contributed by atoms with van der Waals surface area (Å²) in [5.74, 6) is -0.0605. The normalized spacial score (nSPS) is 16.5. The van der Waals surface area contributed by atoms with Crippen LogP contribution >= 0.6 is 0 Å². The van der Waals surface area contributed by atoms with E-state index in [0.717, 1.165) is 5.56 Å². The number of nitrogens with one attached hydrogen (secondary N) is 2. The third-order valence-corrected chi connectivity index (χ3v) is 6.25. The van der Waals surface area contributed by atoms with Gasteiger partial charge in [-0.25, -0.2) is 0 Å². The maximum absolute atomic E-state index is 13.2. The van der Waals surface area contributed by atoms with Gasteiger partial charge in [0, 0.05) is 24.7 Å². The van der Waals surface area contributed by atoms with E-state index >= 15 is 0 Å². The minimum absolute atomic E-state index is 0.0125. The zero-order valence-corrected chi connectivity index (χ0v) is 19.3. The molecule has 7 nitrogen and oxygen atoms in total. The van der Waals surface area contributed by atoms with Gasteiger partial charge in [-0.2, -0.15) is 0 Å². The van der Waals surface area contributed by atoms with Crippen LogP contribution in [-0.2, 0) is 4.79 Å². The molecular weight excluding hydrogens is 406 g/mol. The number of likely N-dealkylation sites (tertiary alicyclic amines) is 1. The molecule has 0 saturated carbocycles. The van der Waals surface area contributed by atoms with Crippen LogP contribution in [0.2, 0.25) is 0 Å². The number of hydrogen-bond donors (Lipinski definition) is 2. The van der Waals surface area contributed by atoms with E-state index in [0.29, 0.717) is 37.3 Å². The SMILES string of the molecule is Cc1cccc(C(=O)N[C@@H](C(=O)N[C@@H](C)C(C)C)C2CCN(C(=O)c3ccco3)CC2)c1. The molecule has 0 radical (unpaired) electrons. The van der Waals surface area contributed by atoms with Crippen LogP contribution in [0.5, 0.6) is 0 Å². The van der Waals surface area contributed by atoms with Crippen molar-refractivity contribution >= 4 is 17.7 Å². The fourth-order valence-corrected chi connectivity index (χ4v) is 3.88. The molecule has 1 aliphatic rings. The molecular formula is C25H33N3O4. The summed E-state index contributed by atoms with van der Waals surface area (Å²) >= 11 is 0. The van der Waals surface area contributed by atoms with Gasteiger partial charge in [0.1, 0.15) is 6.04 Å². The summed E-state index contributed by atoms with van der Waals surface area (Å²) in [6.45, 7) is 9.00. The van der Waals surface area contributed by atoms with Crippen molar-refractivity contribution in [3.63, 3.8) is 0 Å². The van der Waals surface area contributed by atoms with E-state index in [9.17, 15) is 14.4 Å². The first kappa shape index (κ1) is 23.6. The van der Waals surface area contributed by atoms with Gasteiger partial charge in [-0.05, 0) is 62.8 Å². The lowest BCUT2D eigenvalue weighted by Gasteiger charge is -2.36. The Balaban J connectivity index is 1.71. The largest absolute Gasteiger partial charge is 0.459 e. The van der Waals surface area contributed by atoms with Gasteiger partial charge < -0.3 is 20.0 Å². The summed E-state index contributed by atoms with van der Waals surface area (Å²) in [4.78, 5) is 40.4. The highest BCUT2D eigenvalue weighted by Gasteiger charge is 2.35. The van der Waals surface area contributed by atoms with E-state index in [1.54, 1.807) is 23.1 Å². The van der Waals surface area contributed by atoms with Gasteiger partial charge in [0.2, 0.25) is 5.91 Å². The first-order valence-corrected chi connectivity index (χ1v) is 11.3. The molecule has 3 rings (SSSR count). The van der Waals surface area contributed by atoms with Crippen LogP contribution in [0.1, 0.15) is 60.1 Å². The van der Waals surface area contributed by atoms with Gasteiger partial charge in [0.25, 0.3) is 11.8 Å². The van der Waals surface area contributed by atoms with E-state index in [1.165, 1.54) is 6.26 Å². The van der Waals surface area contributed by atoms with E-state index in [2.05, 4.69) is 10.6 Å². The number of benzene rings is 1. The second-order valence-electron chi connectivity index (χ2n) is 8.97. The van der Waals surface area contributed by atoms with Gasteiger partial charge in [0.15, 0.2) is 5.76 Å². The molecule has 1 fully saturated rings. The fourth-order valence-electron chi connectivity index (χ4n) is 3.88. The van der Waals surface area contributed by atoms with Crippen LogP contribution in [0.3, 0.4) is 0 Å². The summed E-state index contributed by atoms with van der Waals surface area (Å²) in [5.41, 5.74) is 1.52. The Morgan fingerprint density at radius 3 is 2.34 bits per heavy atom. The van der Waals surface area contributed by atoms with Crippen molar-refractivity contribution in [1.29, 1.82) is 0 Å². The number of amides is 3. The number of carbonyl (C=O) groups is 3. The van der Waals surface area contributed by atoms with Crippen molar-refractivity contribution in [1.82, 2.24) is 15.5 Å². The second kappa shape index (κ2) is 10.5. The van der Waals surface area contributed by atoms with Crippen molar-refractivity contribution in [2.75, 3.05) is 13.1 Å². The Hall–Kier alpha value is -3.09. The summed E-state index contributed by atoms with van der Waals surface area (Å²) in [7, 11) is 0. The molecule has 32 heavy (non-hydrogen) atoms. The first-order valence-electron chi connectivity index (χ1n) is 11.3. The standard InChI is InChI=1S/C25H33N3O4/c1-16(2)18(4)26-24(30)22(27-23(29)20-8-5-7-17(3)15-20)19-10-12-28(13-11-19)25(31)21-9-6-14-32-21/h5-9,14-16,18-19,22H,10-13H2,1-4H3,(H,26,30)(H,27,29)/t18-,22+/m0/s1. The zero-order valence-electron chi connectivity index (χ0n) is 19.3. The number of furan rings is 1. The number of carbonyl (C=O) groups excluding carboxylic acids is 3. The second-order valence-corrected chi connectivity index (χ2v) is 8.97. The molecule has 0 aliphatic carbocycles. The molecule has 0 spiro atoms. The Morgan fingerprint density at radius 1 is 1.03 bits per heavy atom. The third kappa shape index (κ3) is 5.78. The highest BCUT2D eigenvalue weighted by atomic mass is 16.3. The van der Waals surface area contributed by atoms with E-state index < -0.39 is 6.04 Å². The lowest BCUT2D eigenvalue weighted by molar-refractivity contribution is -0.125. The predicted octanol–water partition coefficient (Wildman–Crippen LogP) is 3.40. The van der Waals surface area contributed by atoms with E-state index in [1.807, 2.05) is 45.9 Å². The van der Waals surface area contributed by atoms with Crippen LogP contribution in [0.15, 0.2) is 47.1 Å². The molecule has 172 valence electrons. The van der Waals surface area contributed by atoms with Crippen LogP contribution in [0.4, 0.5) is 0 Å². The van der Waals surface area contributed by atoms with Gasteiger partial charge in [-0.3, -0.25) is 14.4 Å². The van der Waals surface area contributed by atoms with Crippen molar-refractivity contribution in [2.24, 2.45) is 11.8 Å². The summed E-state index contributed by atoms with van der Waals surface area (Å²) in [5, 5.41) is 6.03. The molecule has 1 saturated heterocycles. The molecule has 1 aromatic carbocycles. The Kier molecular flexibility index (Phi) is 7.72. The van der Waals surface area contributed by atoms with Crippen LogP contribution in [0.25, 0.3) is 0 Å². The molecule has 0 unspecified atom stereocenters. The molecule has 2 N–H and O–H groups in total. The monoisotopic (exact) mass is 439 g/mol. The van der Waals surface area contributed by atoms with Crippen LogP contribution in [0, 0.1) is 18.8 Å². The Labute approximate surface area is 189 Å². The molecule has 3 amide bonds. The van der Waals surface area contributed by atoms with E-state index in [-0.39, 0.29) is 35.6 Å². The minimum atomic E-state index is -0.662. The topological polar surface area (TPSA) is 91.7 Å². The summed E-state index contributed by atoms with van der Waals surface area (Å²) in [6.07, 6.45) is 2.72. The molecule has 2 atom stereocenters. The van der Waals surface area contributed by atoms with Gasteiger partial charge in [-0.1, -0.05) is 31.5 Å². The van der Waals surface area contributed by atoms with Crippen molar-refractivity contribution < 1.29 is 18.8 Å². The molecule has 0 bridgehead atoms. The molecule has 2 aromatic rings. The maximum Gasteiger partial charge on any atom is 0.289 e. The predicted molar refractivity (Wildman–Crippen MR) is 122 cm³/mol. The first-order chi connectivity index (χ1) is 15.3. The van der Waals surface area contributed by atoms with Crippen molar-refractivity contribution in [3.8, 4) is 0 Å². The minimum Gasteiger partial charge on any atom is -0.459 e. The average Bonchev–Trinajstić information content (AvgIpc) is 3.31. The molecule has 1 aliphatic heterocycles. The smallest absolute Gasteiger partial charge is 0.289 e. The van der Waals surface area contributed by atoms with Crippen LogP contribution in [-0.4, -0.2) is 47.8 Å². The quantitative estimate of drug-likeness (QED) is 0.692. The van der Waals surface area contributed by atoms with Gasteiger partial charge >= 0.3 is 0 Å². The van der Waals surface area contributed by atoms with Gasteiger partial charge in [-0.15, -0.1) is 0 Å². The highest BCUT2D eigenvalue weighted by Crippen LogP contribution is 2.23. The highest BCUT2D eigenvalue weighted by molar-refractivity contribution is 5.98. The molecule has 7 heteroatoms. The third-order valence-electron chi connectivity index (χ3n) is 6.25. The summed E-state index contributed by atoms with van der Waals surface area (Å²) in [6, 6.07) is 9.99. The molecule has 2 heterocycles. The zero-order chi connectivity index (χ0) is 23.3.